The molecule has 0 aromatic heterocycles. The summed E-state index contributed by atoms with van der Waals surface area (Å²) in [6, 6.07) is 3.89. The van der Waals surface area contributed by atoms with Crippen molar-refractivity contribution in [3.8, 4) is 6.07 Å². The number of nitriles is 1. The lowest BCUT2D eigenvalue weighted by atomic mass is 10.5. The zero-order valence-electron chi connectivity index (χ0n) is 7.62. The Kier molecular flexibility index (Phi) is 8.45. The van der Waals surface area contributed by atoms with Gasteiger partial charge in [-0.2, -0.15) is 5.26 Å². The number of nitrogens with zero attached hydrogens (tertiary/aromatic N) is 1. The molecule has 0 fully saturated rings. The van der Waals surface area contributed by atoms with Crippen molar-refractivity contribution in [1.29, 1.82) is 5.26 Å². The zero-order valence-corrected chi connectivity index (χ0v) is 8.78. The molecule has 4 heteroatoms. The molecule has 1 unspecified atom stereocenters. The van der Waals surface area contributed by atoms with E-state index in [1.165, 1.54) is 0 Å². The average molecular weight is 187 g/mol. The van der Waals surface area contributed by atoms with Gasteiger partial charge in [0.2, 0.25) is 0 Å². The Morgan fingerprint density at radius 1 is 1.50 bits per heavy atom. The number of rotatable bonds is 7. The molecule has 0 aliphatic carbocycles. The van der Waals surface area contributed by atoms with Crippen LogP contribution in [0.2, 0.25) is 12.1 Å². The summed E-state index contributed by atoms with van der Waals surface area (Å²) in [6.45, 7) is 3.24. The van der Waals surface area contributed by atoms with Gasteiger partial charge in [-0.3, -0.25) is 0 Å². The second kappa shape index (κ2) is 8.72. The Morgan fingerprint density at radius 2 is 2.25 bits per heavy atom. The van der Waals surface area contributed by atoms with Crippen molar-refractivity contribution in [3.63, 3.8) is 0 Å². The molecular formula is C8H17NO2Si. The molecular weight excluding hydrogens is 170 g/mol. The monoisotopic (exact) mass is 187 g/mol. The molecule has 1 atom stereocenters. The van der Waals surface area contributed by atoms with Gasteiger partial charge in [0.15, 0.2) is 9.04 Å². The van der Waals surface area contributed by atoms with Crippen LogP contribution < -0.4 is 0 Å². The van der Waals surface area contributed by atoms with Gasteiger partial charge in [0.05, 0.1) is 19.1 Å². The topological polar surface area (TPSA) is 53.2 Å². The summed E-state index contributed by atoms with van der Waals surface area (Å²) < 4.78 is 5.16. The molecule has 0 aromatic carbocycles. The van der Waals surface area contributed by atoms with E-state index in [2.05, 4.69) is 0 Å². The van der Waals surface area contributed by atoms with Gasteiger partial charge in [-0.05, 0) is 18.5 Å². The summed E-state index contributed by atoms with van der Waals surface area (Å²) in [5.74, 6) is 0. The Hall–Kier alpha value is -0.373. The molecule has 0 radical (unpaired) electrons. The van der Waals surface area contributed by atoms with E-state index in [9.17, 15) is 4.80 Å². The Bertz CT molecular complexity index is 136. The van der Waals surface area contributed by atoms with E-state index in [0.29, 0.717) is 19.6 Å². The maximum atomic E-state index is 9.29. The maximum Gasteiger partial charge on any atom is 0.172 e. The minimum absolute atomic E-state index is 0.466. The molecule has 0 heterocycles. The van der Waals surface area contributed by atoms with Gasteiger partial charge in [0.25, 0.3) is 0 Å². The van der Waals surface area contributed by atoms with E-state index in [1.54, 1.807) is 0 Å². The van der Waals surface area contributed by atoms with E-state index in [-0.39, 0.29) is 0 Å². The number of ether oxygens (including phenoxy) is 1. The number of hydrogen-bond donors (Lipinski definition) is 1. The van der Waals surface area contributed by atoms with E-state index < -0.39 is 9.04 Å². The molecule has 12 heavy (non-hydrogen) atoms. The highest BCUT2D eigenvalue weighted by Gasteiger charge is 2.01. The normalized spacial score (nSPS) is 12.4. The third-order valence-electron chi connectivity index (χ3n) is 1.66. The fraction of sp³-hybridized carbons (Fsp3) is 0.875. The van der Waals surface area contributed by atoms with Gasteiger partial charge in [-0.25, -0.2) is 0 Å². The summed E-state index contributed by atoms with van der Waals surface area (Å²) in [5, 5.41) is 8.19. The smallest absolute Gasteiger partial charge is 0.172 e. The predicted octanol–water partition coefficient (Wildman–Crippen LogP) is 1.04. The molecule has 0 spiro atoms. The van der Waals surface area contributed by atoms with Gasteiger partial charge in [0.1, 0.15) is 0 Å². The lowest BCUT2D eigenvalue weighted by molar-refractivity contribution is 0.140. The lowest BCUT2D eigenvalue weighted by Gasteiger charge is -2.04. The van der Waals surface area contributed by atoms with Crippen molar-refractivity contribution in [2.45, 2.75) is 31.9 Å². The van der Waals surface area contributed by atoms with Crippen molar-refractivity contribution in [3.05, 3.63) is 0 Å². The van der Waals surface area contributed by atoms with Crippen LogP contribution in [0.5, 0.6) is 0 Å². The molecule has 0 saturated heterocycles. The third kappa shape index (κ3) is 7.73. The van der Waals surface area contributed by atoms with Gasteiger partial charge >= 0.3 is 0 Å². The van der Waals surface area contributed by atoms with Crippen LogP contribution in [0, 0.1) is 11.3 Å². The first kappa shape index (κ1) is 11.6. The van der Waals surface area contributed by atoms with Crippen molar-refractivity contribution in [2.24, 2.45) is 0 Å². The molecule has 1 N–H and O–H groups in total. The average Bonchev–Trinajstić information content (AvgIpc) is 2.10. The molecule has 0 saturated carbocycles. The van der Waals surface area contributed by atoms with E-state index >= 15 is 0 Å². The fourth-order valence-electron chi connectivity index (χ4n) is 0.845. The second-order valence-electron chi connectivity index (χ2n) is 2.72. The first-order valence-electron chi connectivity index (χ1n) is 4.44. The fourth-order valence-corrected chi connectivity index (χ4v) is 1.89. The largest absolute Gasteiger partial charge is 0.435 e. The van der Waals surface area contributed by atoms with Crippen LogP contribution in [0.3, 0.4) is 0 Å². The first-order valence-corrected chi connectivity index (χ1v) is 6.59. The van der Waals surface area contributed by atoms with Gasteiger partial charge in [-0.15, -0.1) is 0 Å². The summed E-state index contributed by atoms with van der Waals surface area (Å²) in [4.78, 5) is 9.29. The summed E-state index contributed by atoms with van der Waals surface area (Å²) in [5.41, 5.74) is 0. The Balaban J connectivity index is 2.96. The second-order valence-corrected chi connectivity index (χ2v) is 5.43. The van der Waals surface area contributed by atoms with Crippen LogP contribution in [0.4, 0.5) is 0 Å². The quantitative estimate of drug-likeness (QED) is 0.478. The van der Waals surface area contributed by atoms with Crippen LogP contribution in [0.1, 0.15) is 19.8 Å². The highest BCUT2D eigenvalue weighted by Crippen LogP contribution is 1.99. The summed E-state index contributed by atoms with van der Waals surface area (Å²) >= 11 is 0. The van der Waals surface area contributed by atoms with Gasteiger partial charge in [-0.1, -0.05) is 6.92 Å². The number of hydrogen-bond acceptors (Lipinski definition) is 3. The Labute approximate surface area is 75.7 Å². The SMILES string of the molecule is CC[SiH](O)CCCOCCC#N. The summed E-state index contributed by atoms with van der Waals surface area (Å²) in [6.07, 6.45) is 1.40. The van der Waals surface area contributed by atoms with Crippen LogP contribution in [0.15, 0.2) is 0 Å². The summed E-state index contributed by atoms with van der Waals surface area (Å²) in [7, 11) is -1.39. The highest BCUT2D eigenvalue weighted by molar-refractivity contribution is 6.50. The minimum Gasteiger partial charge on any atom is -0.435 e. The molecule has 0 amide bonds. The molecule has 70 valence electrons. The molecule has 3 nitrogen and oxygen atoms in total. The van der Waals surface area contributed by atoms with Crippen molar-refractivity contribution in [2.75, 3.05) is 13.2 Å². The van der Waals surface area contributed by atoms with E-state index in [1.807, 2.05) is 13.0 Å². The van der Waals surface area contributed by atoms with E-state index in [4.69, 9.17) is 10.00 Å². The van der Waals surface area contributed by atoms with Gasteiger partial charge < -0.3 is 9.53 Å². The lowest BCUT2D eigenvalue weighted by Crippen LogP contribution is -2.10. The van der Waals surface area contributed by atoms with Crippen LogP contribution in [0.25, 0.3) is 0 Å². The standard InChI is InChI=1S/C8H17NO2Si/c1-2-12(10)8-4-7-11-6-3-5-9/h10,12H,2-4,6-8H2,1H3. The highest BCUT2D eigenvalue weighted by atomic mass is 28.3. The molecule has 0 aliphatic heterocycles. The molecule has 0 aromatic rings. The molecule has 0 aliphatic rings. The van der Waals surface area contributed by atoms with Crippen molar-refractivity contribution >= 4 is 9.04 Å². The third-order valence-corrected chi connectivity index (χ3v) is 3.67. The zero-order chi connectivity index (χ0) is 9.23. The van der Waals surface area contributed by atoms with E-state index in [0.717, 1.165) is 18.5 Å². The van der Waals surface area contributed by atoms with Gasteiger partial charge in [0, 0.05) is 6.61 Å². The predicted molar refractivity (Wildman–Crippen MR) is 50.3 cm³/mol. The maximum absolute atomic E-state index is 9.29. The molecule has 0 bridgehead atoms. The van der Waals surface area contributed by atoms with Crippen molar-refractivity contribution < 1.29 is 9.53 Å². The molecule has 0 rings (SSSR count). The first-order chi connectivity index (χ1) is 5.81. The van der Waals surface area contributed by atoms with Crippen LogP contribution in [-0.4, -0.2) is 27.0 Å². The van der Waals surface area contributed by atoms with Crippen molar-refractivity contribution in [1.82, 2.24) is 0 Å². The van der Waals surface area contributed by atoms with Crippen LogP contribution >= 0.6 is 0 Å². The minimum atomic E-state index is -1.39. The Morgan fingerprint density at radius 3 is 2.83 bits per heavy atom. The van der Waals surface area contributed by atoms with Crippen LogP contribution in [-0.2, 0) is 4.74 Å².